The summed E-state index contributed by atoms with van der Waals surface area (Å²) in [5.74, 6) is 0.504. The molecule has 5 heteroatoms. The standard InChI is InChI=1S/C20H24ClNO3/c1-14-6-8-17(12-15(14)2)25-11-5-4-10-22-19-9-7-16(21)13-18(19)20(23)24-3/h6-9,12-13,22H,4-5,10-11H2,1-3H3. The van der Waals surface area contributed by atoms with Gasteiger partial charge in [0.05, 0.1) is 19.3 Å². The minimum atomic E-state index is -0.400. The highest BCUT2D eigenvalue weighted by atomic mass is 35.5. The van der Waals surface area contributed by atoms with E-state index >= 15 is 0 Å². The van der Waals surface area contributed by atoms with Crippen molar-refractivity contribution in [3.05, 3.63) is 58.1 Å². The van der Waals surface area contributed by atoms with Crippen LogP contribution < -0.4 is 10.1 Å². The van der Waals surface area contributed by atoms with Crippen LogP contribution in [-0.4, -0.2) is 26.2 Å². The molecule has 0 saturated heterocycles. The molecule has 0 unspecified atom stereocenters. The fourth-order valence-corrected chi connectivity index (χ4v) is 2.57. The second-order valence-electron chi connectivity index (χ2n) is 5.91. The summed E-state index contributed by atoms with van der Waals surface area (Å²) in [7, 11) is 1.36. The molecule has 2 aromatic rings. The highest BCUT2D eigenvalue weighted by molar-refractivity contribution is 6.31. The lowest BCUT2D eigenvalue weighted by Crippen LogP contribution is -2.10. The molecule has 1 N–H and O–H groups in total. The van der Waals surface area contributed by atoms with Gasteiger partial charge < -0.3 is 14.8 Å². The molecule has 0 atom stereocenters. The molecule has 0 aliphatic heterocycles. The zero-order chi connectivity index (χ0) is 18.2. The normalized spacial score (nSPS) is 10.4. The van der Waals surface area contributed by atoms with Crippen molar-refractivity contribution in [2.24, 2.45) is 0 Å². The van der Waals surface area contributed by atoms with Gasteiger partial charge in [-0.05, 0) is 68.1 Å². The van der Waals surface area contributed by atoms with E-state index in [1.165, 1.54) is 18.2 Å². The summed E-state index contributed by atoms with van der Waals surface area (Å²) in [5, 5.41) is 3.76. The predicted molar refractivity (Wildman–Crippen MR) is 102 cm³/mol. The number of carbonyl (C=O) groups excluding carboxylic acids is 1. The van der Waals surface area contributed by atoms with E-state index in [0.717, 1.165) is 30.8 Å². The molecule has 0 spiro atoms. The van der Waals surface area contributed by atoms with E-state index < -0.39 is 5.97 Å². The largest absolute Gasteiger partial charge is 0.494 e. The number of anilines is 1. The molecule has 2 rings (SSSR count). The number of rotatable bonds is 8. The Morgan fingerprint density at radius 3 is 2.60 bits per heavy atom. The summed E-state index contributed by atoms with van der Waals surface area (Å²) in [6.07, 6.45) is 1.84. The average Bonchev–Trinajstić information content (AvgIpc) is 2.61. The van der Waals surface area contributed by atoms with E-state index in [2.05, 4.69) is 31.3 Å². The van der Waals surface area contributed by atoms with Gasteiger partial charge in [0.15, 0.2) is 0 Å². The molecule has 0 radical (unpaired) electrons. The van der Waals surface area contributed by atoms with Crippen LogP contribution in [0.3, 0.4) is 0 Å². The number of benzene rings is 2. The van der Waals surface area contributed by atoms with Gasteiger partial charge in [-0.15, -0.1) is 0 Å². The first-order valence-corrected chi connectivity index (χ1v) is 8.71. The van der Waals surface area contributed by atoms with Crippen molar-refractivity contribution in [1.29, 1.82) is 0 Å². The van der Waals surface area contributed by atoms with Gasteiger partial charge in [0.2, 0.25) is 0 Å². The lowest BCUT2D eigenvalue weighted by Gasteiger charge is -2.12. The Morgan fingerprint density at radius 1 is 1.08 bits per heavy atom. The summed E-state index contributed by atoms with van der Waals surface area (Å²) in [6, 6.07) is 11.3. The highest BCUT2D eigenvalue weighted by Gasteiger charge is 2.12. The number of ether oxygens (including phenoxy) is 2. The van der Waals surface area contributed by atoms with Crippen LogP contribution in [0, 0.1) is 13.8 Å². The first-order valence-electron chi connectivity index (χ1n) is 8.33. The van der Waals surface area contributed by atoms with Crippen LogP contribution in [0.1, 0.15) is 34.3 Å². The molecular formula is C20H24ClNO3. The Labute approximate surface area is 154 Å². The number of unbranched alkanes of at least 4 members (excludes halogenated alkanes) is 1. The van der Waals surface area contributed by atoms with E-state index in [1.807, 2.05) is 6.07 Å². The van der Waals surface area contributed by atoms with Crippen LogP contribution in [0.5, 0.6) is 5.75 Å². The number of hydrogen-bond acceptors (Lipinski definition) is 4. The fourth-order valence-electron chi connectivity index (χ4n) is 2.39. The summed E-state index contributed by atoms with van der Waals surface area (Å²) in [6.45, 7) is 5.57. The predicted octanol–water partition coefficient (Wildman–Crippen LogP) is 5.01. The molecular weight excluding hydrogens is 338 g/mol. The zero-order valence-corrected chi connectivity index (χ0v) is 15.7. The number of carbonyl (C=O) groups is 1. The van der Waals surface area contributed by atoms with Gasteiger partial charge in [0.25, 0.3) is 0 Å². The number of aryl methyl sites for hydroxylation is 2. The first kappa shape index (κ1) is 19.1. The van der Waals surface area contributed by atoms with Gasteiger partial charge in [-0.25, -0.2) is 4.79 Å². The van der Waals surface area contributed by atoms with Crippen LogP contribution in [-0.2, 0) is 4.74 Å². The third kappa shape index (κ3) is 5.68. The molecule has 4 nitrogen and oxygen atoms in total. The summed E-state index contributed by atoms with van der Waals surface area (Å²) < 4.78 is 10.6. The molecule has 0 bridgehead atoms. The molecule has 2 aromatic carbocycles. The van der Waals surface area contributed by atoms with Crippen molar-refractivity contribution >= 4 is 23.3 Å². The van der Waals surface area contributed by atoms with E-state index in [0.29, 0.717) is 17.2 Å². The van der Waals surface area contributed by atoms with Crippen LogP contribution in [0.25, 0.3) is 0 Å². The lowest BCUT2D eigenvalue weighted by molar-refractivity contribution is 0.0602. The van der Waals surface area contributed by atoms with E-state index in [4.69, 9.17) is 21.1 Å². The number of nitrogens with one attached hydrogen (secondary N) is 1. The van der Waals surface area contributed by atoms with Gasteiger partial charge in [-0.2, -0.15) is 0 Å². The molecule has 0 amide bonds. The van der Waals surface area contributed by atoms with Crippen molar-refractivity contribution in [2.45, 2.75) is 26.7 Å². The maximum Gasteiger partial charge on any atom is 0.340 e. The molecule has 0 aliphatic rings. The lowest BCUT2D eigenvalue weighted by atomic mass is 10.1. The van der Waals surface area contributed by atoms with Crippen LogP contribution in [0.15, 0.2) is 36.4 Å². The Kier molecular flexibility index (Phi) is 7.14. The second kappa shape index (κ2) is 9.33. The van der Waals surface area contributed by atoms with Crippen molar-refractivity contribution in [3.8, 4) is 5.75 Å². The molecule has 134 valence electrons. The fraction of sp³-hybridized carbons (Fsp3) is 0.350. The highest BCUT2D eigenvalue weighted by Crippen LogP contribution is 2.22. The number of halogens is 1. The third-order valence-electron chi connectivity index (χ3n) is 4.02. The van der Waals surface area contributed by atoms with Gasteiger partial charge in [0.1, 0.15) is 5.75 Å². The molecule has 25 heavy (non-hydrogen) atoms. The number of methoxy groups -OCH3 is 1. The summed E-state index contributed by atoms with van der Waals surface area (Å²) >= 11 is 5.95. The first-order chi connectivity index (χ1) is 12.0. The van der Waals surface area contributed by atoms with E-state index in [-0.39, 0.29) is 0 Å². The van der Waals surface area contributed by atoms with Crippen molar-refractivity contribution in [1.82, 2.24) is 0 Å². The summed E-state index contributed by atoms with van der Waals surface area (Å²) in [4.78, 5) is 11.8. The quantitative estimate of drug-likeness (QED) is 0.530. The molecule has 0 aliphatic carbocycles. The minimum absolute atomic E-state index is 0.400. The zero-order valence-electron chi connectivity index (χ0n) is 14.9. The van der Waals surface area contributed by atoms with Crippen molar-refractivity contribution in [3.63, 3.8) is 0 Å². The Morgan fingerprint density at radius 2 is 1.88 bits per heavy atom. The van der Waals surface area contributed by atoms with Crippen molar-refractivity contribution in [2.75, 3.05) is 25.6 Å². The Balaban J connectivity index is 1.76. The molecule has 0 aromatic heterocycles. The van der Waals surface area contributed by atoms with Gasteiger partial charge in [0, 0.05) is 17.3 Å². The summed E-state index contributed by atoms with van der Waals surface area (Å²) in [5.41, 5.74) is 3.67. The maximum atomic E-state index is 11.8. The maximum absolute atomic E-state index is 11.8. The topological polar surface area (TPSA) is 47.6 Å². The van der Waals surface area contributed by atoms with Gasteiger partial charge >= 0.3 is 5.97 Å². The van der Waals surface area contributed by atoms with Gasteiger partial charge in [-0.1, -0.05) is 17.7 Å². The van der Waals surface area contributed by atoms with Crippen LogP contribution in [0.2, 0.25) is 5.02 Å². The number of esters is 1. The molecule has 0 saturated carbocycles. The van der Waals surface area contributed by atoms with Gasteiger partial charge in [-0.3, -0.25) is 0 Å². The van der Waals surface area contributed by atoms with E-state index in [9.17, 15) is 4.79 Å². The SMILES string of the molecule is COC(=O)c1cc(Cl)ccc1NCCCCOc1ccc(C)c(C)c1. The third-order valence-corrected chi connectivity index (χ3v) is 4.26. The Bertz CT molecular complexity index is 731. The van der Waals surface area contributed by atoms with Crippen molar-refractivity contribution < 1.29 is 14.3 Å². The monoisotopic (exact) mass is 361 g/mol. The van der Waals surface area contributed by atoms with Crippen LogP contribution >= 0.6 is 11.6 Å². The van der Waals surface area contributed by atoms with Crippen LogP contribution in [0.4, 0.5) is 5.69 Å². The average molecular weight is 362 g/mol. The van der Waals surface area contributed by atoms with E-state index in [1.54, 1.807) is 18.2 Å². The second-order valence-corrected chi connectivity index (χ2v) is 6.35. The number of hydrogen-bond donors (Lipinski definition) is 1. The Hall–Kier alpha value is -2.20. The minimum Gasteiger partial charge on any atom is -0.494 e. The smallest absolute Gasteiger partial charge is 0.340 e. The molecule has 0 heterocycles. The molecule has 0 fully saturated rings.